The summed E-state index contributed by atoms with van der Waals surface area (Å²) in [5.41, 5.74) is 4.48. The molecule has 4 heteroatoms. The van der Waals surface area contributed by atoms with Gasteiger partial charge < -0.3 is 5.32 Å². The average molecular weight is 244 g/mol. The van der Waals surface area contributed by atoms with Crippen molar-refractivity contribution in [2.45, 2.75) is 33.4 Å². The summed E-state index contributed by atoms with van der Waals surface area (Å²) in [7, 11) is 1.99. The van der Waals surface area contributed by atoms with Crippen molar-refractivity contribution in [2.75, 3.05) is 0 Å². The van der Waals surface area contributed by atoms with Crippen molar-refractivity contribution in [3.05, 3.63) is 47.0 Å². The van der Waals surface area contributed by atoms with Crippen molar-refractivity contribution in [2.24, 2.45) is 7.05 Å². The van der Waals surface area contributed by atoms with Crippen molar-refractivity contribution in [1.82, 2.24) is 20.1 Å². The van der Waals surface area contributed by atoms with E-state index >= 15 is 0 Å². The number of hydrogen-bond acceptors (Lipinski definition) is 3. The summed E-state index contributed by atoms with van der Waals surface area (Å²) in [5, 5.41) is 7.83. The van der Waals surface area contributed by atoms with E-state index in [4.69, 9.17) is 0 Å². The molecule has 0 atom stereocenters. The summed E-state index contributed by atoms with van der Waals surface area (Å²) >= 11 is 0. The Bertz CT molecular complexity index is 516. The van der Waals surface area contributed by atoms with E-state index in [1.54, 1.807) is 0 Å². The Hall–Kier alpha value is -1.68. The molecule has 0 aliphatic heterocycles. The Balaban J connectivity index is 1.90. The number of hydrogen-bond donors (Lipinski definition) is 1. The van der Waals surface area contributed by atoms with E-state index in [0.29, 0.717) is 0 Å². The number of aromatic nitrogens is 3. The van der Waals surface area contributed by atoms with Crippen molar-refractivity contribution in [1.29, 1.82) is 0 Å². The molecule has 0 saturated heterocycles. The third kappa shape index (κ3) is 3.17. The highest BCUT2D eigenvalue weighted by atomic mass is 15.3. The minimum atomic E-state index is 0.786. The van der Waals surface area contributed by atoms with Gasteiger partial charge in [0.15, 0.2) is 0 Å². The Morgan fingerprint density at radius 3 is 2.72 bits per heavy atom. The fraction of sp³-hybridized carbons (Fsp3) is 0.429. The molecule has 0 aromatic carbocycles. The molecule has 0 radical (unpaired) electrons. The molecule has 2 aromatic rings. The largest absolute Gasteiger partial charge is 0.306 e. The van der Waals surface area contributed by atoms with Gasteiger partial charge in [0.1, 0.15) is 0 Å². The monoisotopic (exact) mass is 244 g/mol. The zero-order valence-corrected chi connectivity index (χ0v) is 11.3. The van der Waals surface area contributed by atoms with Crippen LogP contribution in [-0.2, 0) is 26.6 Å². The summed E-state index contributed by atoms with van der Waals surface area (Å²) in [6.07, 6.45) is 0.979. The molecule has 0 bridgehead atoms. The van der Waals surface area contributed by atoms with E-state index in [-0.39, 0.29) is 0 Å². The first-order chi connectivity index (χ1) is 8.69. The molecule has 0 aliphatic carbocycles. The maximum atomic E-state index is 4.46. The van der Waals surface area contributed by atoms with Gasteiger partial charge in [-0.05, 0) is 31.5 Å². The van der Waals surface area contributed by atoms with Crippen molar-refractivity contribution < 1.29 is 0 Å². The van der Waals surface area contributed by atoms with Crippen LogP contribution < -0.4 is 5.32 Å². The van der Waals surface area contributed by atoms with Crippen LogP contribution in [0.3, 0.4) is 0 Å². The summed E-state index contributed by atoms with van der Waals surface area (Å²) in [6.45, 7) is 5.74. The standard InChI is InChI=1S/C14H20N4/c1-4-12-8-14(18(3)17-12)10-15-9-13-7-5-6-11(2)16-13/h5-8,15H,4,9-10H2,1-3H3. The molecule has 2 rings (SSSR count). The summed E-state index contributed by atoms with van der Waals surface area (Å²) in [5.74, 6) is 0. The van der Waals surface area contributed by atoms with Crippen LogP contribution in [-0.4, -0.2) is 14.8 Å². The van der Waals surface area contributed by atoms with E-state index in [9.17, 15) is 0 Å². The number of aryl methyl sites for hydroxylation is 3. The van der Waals surface area contributed by atoms with Crippen LogP contribution in [0.25, 0.3) is 0 Å². The van der Waals surface area contributed by atoms with E-state index in [1.165, 1.54) is 5.69 Å². The minimum Gasteiger partial charge on any atom is -0.306 e. The predicted octanol–water partition coefficient (Wildman–Crippen LogP) is 1.98. The minimum absolute atomic E-state index is 0.786. The van der Waals surface area contributed by atoms with Gasteiger partial charge in [0.25, 0.3) is 0 Å². The van der Waals surface area contributed by atoms with Crippen molar-refractivity contribution in [3.63, 3.8) is 0 Å². The normalized spacial score (nSPS) is 10.8. The lowest BCUT2D eigenvalue weighted by atomic mass is 10.3. The average Bonchev–Trinajstić information content (AvgIpc) is 2.71. The molecule has 0 aliphatic rings. The fourth-order valence-corrected chi connectivity index (χ4v) is 1.93. The molecule has 0 amide bonds. The highest BCUT2D eigenvalue weighted by molar-refractivity contribution is 5.11. The Morgan fingerprint density at radius 1 is 1.22 bits per heavy atom. The highest BCUT2D eigenvalue weighted by Crippen LogP contribution is 2.04. The van der Waals surface area contributed by atoms with E-state index in [1.807, 2.05) is 36.9 Å². The first kappa shape index (κ1) is 12.8. The molecule has 0 unspecified atom stereocenters. The molecular weight excluding hydrogens is 224 g/mol. The number of nitrogens with one attached hydrogen (secondary N) is 1. The van der Waals surface area contributed by atoms with Crippen LogP contribution in [0.15, 0.2) is 24.3 Å². The lowest BCUT2D eigenvalue weighted by Gasteiger charge is -2.05. The van der Waals surface area contributed by atoms with Gasteiger partial charge in [0.05, 0.1) is 17.1 Å². The lowest BCUT2D eigenvalue weighted by Crippen LogP contribution is -2.16. The maximum absolute atomic E-state index is 4.46. The first-order valence-electron chi connectivity index (χ1n) is 6.34. The first-order valence-corrected chi connectivity index (χ1v) is 6.34. The number of pyridine rings is 1. The molecule has 96 valence electrons. The summed E-state index contributed by atoms with van der Waals surface area (Å²) in [4.78, 5) is 4.46. The Morgan fingerprint density at radius 2 is 2.06 bits per heavy atom. The topological polar surface area (TPSA) is 42.7 Å². The third-order valence-electron chi connectivity index (χ3n) is 2.95. The molecule has 1 N–H and O–H groups in total. The third-order valence-corrected chi connectivity index (χ3v) is 2.95. The lowest BCUT2D eigenvalue weighted by molar-refractivity contribution is 0.617. The van der Waals surface area contributed by atoms with Crippen LogP contribution in [0.4, 0.5) is 0 Å². The van der Waals surface area contributed by atoms with Crippen molar-refractivity contribution >= 4 is 0 Å². The Kier molecular flexibility index (Phi) is 4.10. The molecule has 4 nitrogen and oxygen atoms in total. The van der Waals surface area contributed by atoms with Crippen LogP contribution in [0.5, 0.6) is 0 Å². The van der Waals surface area contributed by atoms with Gasteiger partial charge in [0, 0.05) is 25.8 Å². The van der Waals surface area contributed by atoms with E-state index in [2.05, 4.69) is 28.4 Å². The summed E-state index contributed by atoms with van der Waals surface area (Å²) < 4.78 is 1.94. The van der Waals surface area contributed by atoms with Gasteiger partial charge in [-0.1, -0.05) is 13.0 Å². The summed E-state index contributed by atoms with van der Waals surface area (Å²) in [6, 6.07) is 8.24. The molecular formula is C14H20N4. The molecule has 18 heavy (non-hydrogen) atoms. The smallest absolute Gasteiger partial charge is 0.0625 e. The maximum Gasteiger partial charge on any atom is 0.0625 e. The highest BCUT2D eigenvalue weighted by Gasteiger charge is 2.03. The van der Waals surface area contributed by atoms with Crippen molar-refractivity contribution in [3.8, 4) is 0 Å². The van der Waals surface area contributed by atoms with Crippen LogP contribution in [0.1, 0.15) is 29.7 Å². The SMILES string of the molecule is CCc1cc(CNCc2cccc(C)n2)n(C)n1. The molecule has 0 saturated carbocycles. The van der Waals surface area contributed by atoms with Crippen LogP contribution in [0, 0.1) is 6.92 Å². The van der Waals surface area contributed by atoms with Gasteiger partial charge in [-0.2, -0.15) is 5.10 Å². The zero-order valence-electron chi connectivity index (χ0n) is 11.3. The second-order valence-corrected chi connectivity index (χ2v) is 4.48. The second kappa shape index (κ2) is 5.78. The van der Waals surface area contributed by atoms with E-state index in [0.717, 1.165) is 36.6 Å². The zero-order chi connectivity index (χ0) is 13.0. The van der Waals surface area contributed by atoms with Gasteiger partial charge in [-0.15, -0.1) is 0 Å². The van der Waals surface area contributed by atoms with Crippen LogP contribution >= 0.6 is 0 Å². The quantitative estimate of drug-likeness (QED) is 0.874. The van der Waals surface area contributed by atoms with Gasteiger partial charge in [-0.3, -0.25) is 9.67 Å². The van der Waals surface area contributed by atoms with E-state index < -0.39 is 0 Å². The Labute approximate surface area is 108 Å². The fourth-order valence-electron chi connectivity index (χ4n) is 1.93. The number of rotatable bonds is 5. The van der Waals surface area contributed by atoms with Gasteiger partial charge in [-0.25, -0.2) is 0 Å². The molecule has 2 aromatic heterocycles. The molecule has 2 heterocycles. The number of nitrogens with zero attached hydrogens (tertiary/aromatic N) is 3. The molecule has 0 fully saturated rings. The molecule has 0 spiro atoms. The second-order valence-electron chi connectivity index (χ2n) is 4.48. The predicted molar refractivity (Wildman–Crippen MR) is 72.1 cm³/mol. The van der Waals surface area contributed by atoms with Gasteiger partial charge >= 0.3 is 0 Å². The van der Waals surface area contributed by atoms with Gasteiger partial charge in [0.2, 0.25) is 0 Å². The van der Waals surface area contributed by atoms with Crippen LogP contribution in [0.2, 0.25) is 0 Å².